The van der Waals surface area contributed by atoms with E-state index in [4.69, 9.17) is 0 Å². The standard InChI is InChI=1S/C15H23N3/c1-3-18(4-2)12-13-7-5-8-14(11-13)15-16-9-6-10-17-15/h5,7-8,11H,3-4,6,9-10,12H2,1-2H3,(H,16,17). The van der Waals surface area contributed by atoms with Crippen LogP contribution >= 0.6 is 0 Å². The third-order valence-corrected chi connectivity index (χ3v) is 3.40. The Bertz CT molecular complexity index is 408. The van der Waals surface area contributed by atoms with Crippen LogP contribution in [-0.4, -0.2) is 36.9 Å². The van der Waals surface area contributed by atoms with Gasteiger partial charge in [-0.25, -0.2) is 0 Å². The summed E-state index contributed by atoms with van der Waals surface area (Å²) in [4.78, 5) is 6.98. The molecule has 1 aliphatic rings. The third-order valence-electron chi connectivity index (χ3n) is 3.40. The van der Waals surface area contributed by atoms with Crippen molar-refractivity contribution in [1.82, 2.24) is 10.2 Å². The fourth-order valence-corrected chi connectivity index (χ4v) is 2.25. The second-order valence-electron chi connectivity index (χ2n) is 4.67. The van der Waals surface area contributed by atoms with Gasteiger partial charge in [0.15, 0.2) is 0 Å². The minimum absolute atomic E-state index is 0.947. The minimum Gasteiger partial charge on any atom is -0.370 e. The second-order valence-corrected chi connectivity index (χ2v) is 4.67. The molecule has 3 heteroatoms. The first-order valence-electron chi connectivity index (χ1n) is 6.93. The summed E-state index contributed by atoms with van der Waals surface area (Å²) in [5.41, 5.74) is 2.59. The Balaban J connectivity index is 2.11. The molecular weight excluding hydrogens is 222 g/mol. The summed E-state index contributed by atoms with van der Waals surface area (Å²) in [6.45, 7) is 9.62. The monoisotopic (exact) mass is 245 g/mol. The second kappa shape index (κ2) is 6.55. The van der Waals surface area contributed by atoms with E-state index in [1.165, 1.54) is 11.1 Å². The molecule has 1 heterocycles. The van der Waals surface area contributed by atoms with Crippen molar-refractivity contribution in [2.75, 3.05) is 26.2 Å². The van der Waals surface area contributed by atoms with Crippen LogP contribution in [0, 0.1) is 0 Å². The molecule has 0 unspecified atom stereocenters. The number of nitrogens with zero attached hydrogens (tertiary/aromatic N) is 2. The molecule has 18 heavy (non-hydrogen) atoms. The van der Waals surface area contributed by atoms with E-state index in [9.17, 15) is 0 Å². The van der Waals surface area contributed by atoms with Gasteiger partial charge in [-0.05, 0) is 31.1 Å². The molecule has 3 nitrogen and oxygen atoms in total. The average Bonchev–Trinajstić information content (AvgIpc) is 2.46. The molecule has 0 saturated carbocycles. The lowest BCUT2D eigenvalue weighted by Crippen LogP contribution is -2.30. The summed E-state index contributed by atoms with van der Waals surface area (Å²) in [6, 6.07) is 8.73. The summed E-state index contributed by atoms with van der Waals surface area (Å²) < 4.78 is 0. The van der Waals surface area contributed by atoms with Crippen molar-refractivity contribution in [2.24, 2.45) is 4.99 Å². The maximum Gasteiger partial charge on any atom is 0.128 e. The fourth-order valence-electron chi connectivity index (χ4n) is 2.25. The van der Waals surface area contributed by atoms with Gasteiger partial charge in [-0.1, -0.05) is 32.0 Å². The Morgan fingerprint density at radius 1 is 1.28 bits per heavy atom. The van der Waals surface area contributed by atoms with E-state index in [0.29, 0.717) is 0 Å². The third kappa shape index (κ3) is 3.33. The van der Waals surface area contributed by atoms with Gasteiger partial charge in [-0.3, -0.25) is 9.89 Å². The number of nitrogens with one attached hydrogen (secondary N) is 1. The van der Waals surface area contributed by atoms with Crippen molar-refractivity contribution >= 4 is 5.84 Å². The zero-order valence-corrected chi connectivity index (χ0v) is 11.4. The molecule has 1 N–H and O–H groups in total. The zero-order valence-electron chi connectivity index (χ0n) is 11.4. The Labute approximate surface area is 110 Å². The first-order chi connectivity index (χ1) is 8.83. The molecule has 0 radical (unpaired) electrons. The molecule has 0 spiro atoms. The molecule has 0 bridgehead atoms. The lowest BCUT2D eigenvalue weighted by Gasteiger charge is -2.19. The van der Waals surface area contributed by atoms with E-state index < -0.39 is 0 Å². The molecule has 2 rings (SSSR count). The molecule has 0 amide bonds. The van der Waals surface area contributed by atoms with Crippen LogP contribution < -0.4 is 5.32 Å². The highest BCUT2D eigenvalue weighted by atomic mass is 15.1. The van der Waals surface area contributed by atoms with Gasteiger partial charge >= 0.3 is 0 Å². The minimum atomic E-state index is 0.947. The van der Waals surface area contributed by atoms with Crippen molar-refractivity contribution in [1.29, 1.82) is 0 Å². The largest absolute Gasteiger partial charge is 0.370 e. The quantitative estimate of drug-likeness (QED) is 0.861. The Kier molecular flexibility index (Phi) is 4.76. The maximum absolute atomic E-state index is 4.55. The van der Waals surface area contributed by atoms with Gasteiger partial charge in [0.1, 0.15) is 5.84 Å². The lowest BCUT2D eigenvalue weighted by molar-refractivity contribution is 0.296. The first-order valence-corrected chi connectivity index (χ1v) is 6.93. The highest BCUT2D eigenvalue weighted by Gasteiger charge is 2.08. The van der Waals surface area contributed by atoms with E-state index in [2.05, 4.69) is 53.3 Å². The molecule has 1 aromatic carbocycles. The highest BCUT2D eigenvalue weighted by molar-refractivity contribution is 5.99. The smallest absolute Gasteiger partial charge is 0.128 e. The molecule has 0 fully saturated rings. The Hall–Kier alpha value is -1.35. The number of amidine groups is 1. The van der Waals surface area contributed by atoms with Gasteiger partial charge in [0.05, 0.1) is 0 Å². The number of rotatable bonds is 5. The maximum atomic E-state index is 4.55. The predicted octanol–water partition coefficient (Wildman–Crippen LogP) is 2.27. The van der Waals surface area contributed by atoms with Crippen LogP contribution in [-0.2, 0) is 6.54 Å². The average molecular weight is 245 g/mol. The van der Waals surface area contributed by atoms with Crippen molar-refractivity contribution in [3.63, 3.8) is 0 Å². The molecule has 1 aliphatic heterocycles. The van der Waals surface area contributed by atoms with Crippen molar-refractivity contribution in [3.8, 4) is 0 Å². The molecular formula is C15H23N3. The summed E-state index contributed by atoms with van der Waals surface area (Å²) in [5.74, 6) is 1.06. The molecule has 0 aromatic heterocycles. The van der Waals surface area contributed by atoms with Crippen molar-refractivity contribution < 1.29 is 0 Å². The van der Waals surface area contributed by atoms with Gasteiger partial charge in [0.25, 0.3) is 0 Å². The predicted molar refractivity (Wildman–Crippen MR) is 77.1 cm³/mol. The van der Waals surface area contributed by atoms with E-state index in [1.54, 1.807) is 0 Å². The lowest BCUT2D eigenvalue weighted by atomic mass is 10.1. The molecule has 98 valence electrons. The Morgan fingerprint density at radius 2 is 2.11 bits per heavy atom. The van der Waals surface area contributed by atoms with E-state index in [0.717, 1.165) is 45.0 Å². The van der Waals surface area contributed by atoms with E-state index in [-0.39, 0.29) is 0 Å². The van der Waals surface area contributed by atoms with Crippen LogP contribution in [0.25, 0.3) is 0 Å². The normalized spacial score (nSPS) is 15.4. The number of aliphatic imine (C=N–C) groups is 1. The molecule has 0 saturated heterocycles. The topological polar surface area (TPSA) is 27.6 Å². The Morgan fingerprint density at radius 3 is 2.78 bits per heavy atom. The summed E-state index contributed by atoms with van der Waals surface area (Å²) in [7, 11) is 0. The number of benzene rings is 1. The van der Waals surface area contributed by atoms with Gasteiger partial charge in [0.2, 0.25) is 0 Å². The van der Waals surface area contributed by atoms with E-state index >= 15 is 0 Å². The summed E-state index contributed by atoms with van der Waals surface area (Å²) in [6.07, 6.45) is 1.14. The van der Waals surface area contributed by atoms with E-state index in [1.807, 2.05) is 0 Å². The molecule has 1 aromatic rings. The van der Waals surface area contributed by atoms with Crippen LogP contribution in [0.15, 0.2) is 29.3 Å². The SMILES string of the molecule is CCN(CC)Cc1cccc(C2=NCCCN2)c1. The van der Waals surface area contributed by atoms with Crippen molar-refractivity contribution in [2.45, 2.75) is 26.8 Å². The first kappa shape index (κ1) is 13.1. The molecule has 0 aliphatic carbocycles. The zero-order chi connectivity index (χ0) is 12.8. The van der Waals surface area contributed by atoms with Crippen LogP contribution in [0.2, 0.25) is 0 Å². The van der Waals surface area contributed by atoms with Gasteiger partial charge < -0.3 is 5.32 Å². The van der Waals surface area contributed by atoms with Crippen molar-refractivity contribution in [3.05, 3.63) is 35.4 Å². The number of hydrogen-bond donors (Lipinski definition) is 1. The van der Waals surface area contributed by atoms with Crippen LogP contribution in [0.4, 0.5) is 0 Å². The van der Waals surface area contributed by atoms with Crippen LogP contribution in [0.1, 0.15) is 31.4 Å². The van der Waals surface area contributed by atoms with Gasteiger partial charge in [-0.15, -0.1) is 0 Å². The van der Waals surface area contributed by atoms with Crippen LogP contribution in [0.3, 0.4) is 0 Å². The van der Waals surface area contributed by atoms with Gasteiger partial charge in [-0.2, -0.15) is 0 Å². The highest BCUT2D eigenvalue weighted by Crippen LogP contribution is 2.10. The summed E-state index contributed by atoms with van der Waals surface area (Å²) >= 11 is 0. The molecule has 0 atom stereocenters. The van der Waals surface area contributed by atoms with Crippen LogP contribution in [0.5, 0.6) is 0 Å². The fraction of sp³-hybridized carbons (Fsp3) is 0.533. The number of hydrogen-bond acceptors (Lipinski definition) is 3. The van der Waals surface area contributed by atoms with Gasteiger partial charge in [0, 0.05) is 25.2 Å². The summed E-state index contributed by atoms with van der Waals surface area (Å²) in [5, 5.41) is 3.38.